The number of nitrogens with one attached hydrogen (secondary N) is 4. The van der Waals surface area contributed by atoms with E-state index in [0.717, 1.165) is 30.8 Å². The Bertz CT molecular complexity index is 916. The molecule has 2 aromatic carbocycles. The second-order valence-corrected chi connectivity index (χ2v) is 7.19. The number of hydrogen-bond acceptors (Lipinski definition) is 2. The van der Waals surface area contributed by atoms with Crippen molar-refractivity contribution in [1.29, 1.82) is 0 Å². The average Bonchev–Trinajstić information content (AvgIpc) is 3.00. The highest BCUT2D eigenvalue weighted by Gasteiger charge is 2.22. The first kappa shape index (κ1) is 17.1. The third-order valence-electron chi connectivity index (χ3n) is 4.97. The molecule has 4 nitrogen and oxygen atoms in total. The Balaban J connectivity index is 1.54. The van der Waals surface area contributed by atoms with Gasteiger partial charge in [-0.15, -0.1) is 0 Å². The van der Waals surface area contributed by atoms with E-state index in [1.807, 2.05) is 30.3 Å². The van der Waals surface area contributed by atoms with Gasteiger partial charge < -0.3 is 20.9 Å². The summed E-state index contributed by atoms with van der Waals surface area (Å²) < 4.78 is 0. The molecule has 3 aromatic rings. The Hall–Kier alpha value is -2.37. The smallest absolute Gasteiger partial charge is 0.175 e. The summed E-state index contributed by atoms with van der Waals surface area (Å²) in [4.78, 5) is 3.60. The number of anilines is 2. The topological polar surface area (TPSA) is 51.9 Å². The highest BCUT2D eigenvalue weighted by molar-refractivity contribution is 7.80. The minimum atomic E-state index is 0.573. The number of likely N-dealkylation sites (N-methyl/N-ethyl adjacent to an activating group) is 1. The maximum atomic E-state index is 5.45. The number of aromatic amines is 1. The van der Waals surface area contributed by atoms with Gasteiger partial charge >= 0.3 is 0 Å². The number of aryl methyl sites for hydroxylation is 1. The van der Waals surface area contributed by atoms with E-state index < -0.39 is 0 Å². The van der Waals surface area contributed by atoms with Gasteiger partial charge in [-0.25, -0.2) is 0 Å². The van der Waals surface area contributed by atoms with Crippen molar-refractivity contribution in [3.63, 3.8) is 0 Å². The largest absolute Gasteiger partial charge is 0.358 e. The summed E-state index contributed by atoms with van der Waals surface area (Å²) in [5, 5.41) is 12.0. The zero-order valence-corrected chi connectivity index (χ0v) is 15.7. The second kappa shape index (κ2) is 7.48. The van der Waals surface area contributed by atoms with Crippen LogP contribution >= 0.6 is 12.2 Å². The second-order valence-electron chi connectivity index (χ2n) is 6.79. The van der Waals surface area contributed by atoms with Crippen LogP contribution in [-0.4, -0.2) is 22.7 Å². The summed E-state index contributed by atoms with van der Waals surface area (Å²) in [5.74, 6) is 0. The minimum Gasteiger partial charge on any atom is -0.358 e. The number of benzene rings is 2. The standard InChI is InChI=1S/C21H24N4S/c1-2-22-15-8-10-19-17(12-15)18-13-16(9-11-20(18)25-19)24-21(26)23-14-6-4-3-5-7-14/h3-7,9,11,13,15,22,25H,2,8,10,12H2,1H3,(H2,23,24,26). The lowest BCUT2D eigenvalue weighted by atomic mass is 9.91. The molecule has 1 atom stereocenters. The summed E-state index contributed by atoms with van der Waals surface area (Å²) in [6.45, 7) is 3.20. The molecule has 4 rings (SSSR count). The zero-order chi connectivity index (χ0) is 17.9. The zero-order valence-electron chi connectivity index (χ0n) is 14.9. The van der Waals surface area contributed by atoms with Crippen molar-refractivity contribution in [3.8, 4) is 0 Å². The molecule has 0 fully saturated rings. The van der Waals surface area contributed by atoms with Gasteiger partial charge in [-0.05, 0) is 73.9 Å². The normalized spacial score (nSPS) is 16.3. The molecular formula is C21H24N4S. The monoisotopic (exact) mass is 364 g/mol. The fourth-order valence-corrected chi connectivity index (χ4v) is 4.01. The fraction of sp³-hybridized carbons (Fsp3) is 0.286. The van der Waals surface area contributed by atoms with Crippen LogP contribution in [0.4, 0.5) is 11.4 Å². The van der Waals surface area contributed by atoms with Crippen LogP contribution in [0.25, 0.3) is 10.9 Å². The van der Waals surface area contributed by atoms with Crippen molar-refractivity contribution in [2.75, 3.05) is 17.2 Å². The van der Waals surface area contributed by atoms with Gasteiger partial charge in [0.15, 0.2) is 5.11 Å². The molecule has 0 spiro atoms. The summed E-state index contributed by atoms with van der Waals surface area (Å²) in [6.07, 6.45) is 3.39. The molecule has 1 unspecified atom stereocenters. The van der Waals surface area contributed by atoms with Crippen LogP contribution in [-0.2, 0) is 12.8 Å². The molecule has 1 aliphatic carbocycles. The van der Waals surface area contributed by atoms with Crippen LogP contribution in [0.15, 0.2) is 48.5 Å². The number of thiocarbonyl (C=S) groups is 1. The molecule has 0 amide bonds. The molecule has 0 aliphatic heterocycles. The average molecular weight is 365 g/mol. The fourth-order valence-electron chi connectivity index (χ4n) is 3.77. The van der Waals surface area contributed by atoms with Crippen molar-refractivity contribution in [2.24, 2.45) is 0 Å². The van der Waals surface area contributed by atoms with E-state index in [9.17, 15) is 0 Å². The van der Waals surface area contributed by atoms with E-state index in [1.54, 1.807) is 0 Å². The van der Waals surface area contributed by atoms with E-state index in [0.29, 0.717) is 11.2 Å². The van der Waals surface area contributed by atoms with Gasteiger partial charge in [0.25, 0.3) is 0 Å². The first-order chi connectivity index (χ1) is 12.7. The van der Waals surface area contributed by atoms with Crippen LogP contribution in [0.5, 0.6) is 0 Å². The van der Waals surface area contributed by atoms with Crippen molar-refractivity contribution >= 4 is 39.6 Å². The van der Waals surface area contributed by atoms with Crippen LogP contribution in [0.1, 0.15) is 24.6 Å². The van der Waals surface area contributed by atoms with E-state index in [1.165, 1.54) is 28.6 Å². The number of aromatic nitrogens is 1. The Kier molecular flexibility index (Phi) is 4.91. The van der Waals surface area contributed by atoms with E-state index >= 15 is 0 Å². The van der Waals surface area contributed by atoms with Gasteiger partial charge in [0.2, 0.25) is 0 Å². The van der Waals surface area contributed by atoms with Gasteiger partial charge in [0.05, 0.1) is 0 Å². The lowest BCUT2D eigenvalue weighted by Gasteiger charge is -2.23. The van der Waals surface area contributed by atoms with Crippen molar-refractivity contribution < 1.29 is 0 Å². The van der Waals surface area contributed by atoms with E-state index in [2.05, 4.69) is 46.1 Å². The molecule has 0 saturated heterocycles. The van der Waals surface area contributed by atoms with Gasteiger partial charge in [0.1, 0.15) is 0 Å². The number of H-pyrrole nitrogens is 1. The maximum absolute atomic E-state index is 5.45. The van der Waals surface area contributed by atoms with Crippen molar-refractivity contribution in [2.45, 2.75) is 32.2 Å². The lowest BCUT2D eigenvalue weighted by molar-refractivity contribution is 0.470. The molecule has 0 bridgehead atoms. The predicted molar refractivity (Wildman–Crippen MR) is 114 cm³/mol. The Morgan fingerprint density at radius 2 is 1.92 bits per heavy atom. The van der Waals surface area contributed by atoms with Crippen LogP contribution in [0.2, 0.25) is 0 Å². The molecule has 26 heavy (non-hydrogen) atoms. The summed E-state index contributed by atoms with van der Waals surface area (Å²) in [6, 6.07) is 17.0. The third-order valence-corrected chi connectivity index (χ3v) is 5.17. The minimum absolute atomic E-state index is 0.573. The molecule has 5 heteroatoms. The van der Waals surface area contributed by atoms with Crippen molar-refractivity contribution in [3.05, 3.63) is 59.8 Å². The Morgan fingerprint density at radius 1 is 1.12 bits per heavy atom. The molecule has 134 valence electrons. The van der Waals surface area contributed by atoms with E-state index in [-0.39, 0.29) is 0 Å². The molecule has 1 aliphatic rings. The van der Waals surface area contributed by atoms with Crippen molar-refractivity contribution in [1.82, 2.24) is 10.3 Å². The highest BCUT2D eigenvalue weighted by atomic mass is 32.1. The van der Waals surface area contributed by atoms with Gasteiger partial charge in [-0.1, -0.05) is 25.1 Å². The van der Waals surface area contributed by atoms with Crippen LogP contribution in [0, 0.1) is 0 Å². The quantitative estimate of drug-likeness (QED) is 0.517. The highest BCUT2D eigenvalue weighted by Crippen LogP contribution is 2.31. The molecule has 0 saturated carbocycles. The SMILES string of the molecule is CCNC1CCc2[nH]c3ccc(NC(=S)Nc4ccccc4)cc3c2C1. The van der Waals surface area contributed by atoms with Crippen LogP contribution < -0.4 is 16.0 Å². The number of para-hydroxylation sites is 1. The number of fused-ring (bicyclic) bond motifs is 3. The maximum Gasteiger partial charge on any atom is 0.175 e. The number of hydrogen-bond donors (Lipinski definition) is 4. The summed E-state index contributed by atoms with van der Waals surface area (Å²) >= 11 is 5.45. The van der Waals surface area contributed by atoms with Gasteiger partial charge in [-0.3, -0.25) is 0 Å². The van der Waals surface area contributed by atoms with Crippen LogP contribution in [0.3, 0.4) is 0 Å². The van der Waals surface area contributed by atoms with Gasteiger partial charge in [0, 0.05) is 34.0 Å². The van der Waals surface area contributed by atoms with Gasteiger partial charge in [-0.2, -0.15) is 0 Å². The molecule has 0 radical (unpaired) electrons. The lowest BCUT2D eigenvalue weighted by Crippen LogP contribution is -2.34. The molecule has 1 heterocycles. The third kappa shape index (κ3) is 3.59. The molecule has 1 aromatic heterocycles. The molecule has 4 N–H and O–H groups in total. The molecular weight excluding hydrogens is 340 g/mol. The summed E-state index contributed by atoms with van der Waals surface area (Å²) in [7, 11) is 0. The Labute approximate surface area is 159 Å². The first-order valence-corrected chi connectivity index (χ1v) is 9.63. The Morgan fingerprint density at radius 3 is 2.73 bits per heavy atom. The predicted octanol–water partition coefficient (Wildman–Crippen LogP) is 4.44. The first-order valence-electron chi connectivity index (χ1n) is 9.23. The van der Waals surface area contributed by atoms with E-state index in [4.69, 9.17) is 12.2 Å². The summed E-state index contributed by atoms with van der Waals surface area (Å²) in [5.41, 5.74) is 6.04. The number of rotatable bonds is 4.